The minimum atomic E-state index is -0.459. The quantitative estimate of drug-likeness (QED) is 0.832. The lowest BCUT2D eigenvalue weighted by atomic mass is 9.91. The summed E-state index contributed by atoms with van der Waals surface area (Å²) in [5.74, 6) is 1.52. The molecule has 1 aliphatic rings. The van der Waals surface area contributed by atoms with Gasteiger partial charge in [-0.15, -0.1) is 0 Å². The molecule has 0 aromatic heterocycles. The van der Waals surface area contributed by atoms with Gasteiger partial charge in [-0.05, 0) is 48.8 Å². The van der Waals surface area contributed by atoms with Crippen molar-refractivity contribution in [2.75, 3.05) is 7.11 Å². The summed E-state index contributed by atoms with van der Waals surface area (Å²) in [5, 5.41) is 10.1. The van der Waals surface area contributed by atoms with Crippen molar-refractivity contribution in [3.8, 4) is 5.75 Å². The van der Waals surface area contributed by atoms with Crippen molar-refractivity contribution in [1.82, 2.24) is 0 Å². The second-order valence-corrected chi connectivity index (χ2v) is 5.49. The third-order valence-electron chi connectivity index (χ3n) is 4.11. The van der Waals surface area contributed by atoms with Gasteiger partial charge in [0.05, 0.1) is 12.7 Å². The van der Waals surface area contributed by atoms with Gasteiger partial charge in [-0.25, -0.2) is 0 Å². The molecule has 100 valence electrons. The summed E-state index contributed by atoms with van der Waals surface area (Å²) in [5.41, 5.74) is 2.07. The number of ether oxygens (including phenoxy) is 1. The van der Waals surface area contributed by atoms with Crippen LogP contribution in [0.1, 0.15) is 56.6 Å². The lowest BCUT2D eigenvalue weighted by Crippen LogP contribution is -2.12. The van der Waals surface area contributed by atoms with Crippen LogP contribution < -0.4 is 4.74 Å². The van der Waals surface area contributed by atoms with Crippen LogP contribution in [0.15, 0.2) is 18.2 Å². The zero-order chi connectivity index (χ0) is 13.2. The second-order valence-electron chi connectivity index (χ2n) is 5.49. The molecule has 0 bridgehead atoms. The lowest BCUT2D eigenvalue weighted by Gasteiger charge is -2.17. The number of methoxy groups -OCH3 is 1. The Hall–Kier alpha value is -1.02. The van der Waals surface area contributed by atoms with Crippen LogP contribution in [0.4, 0.5) is 0 Å². The van der Waals surface area contributed by atoms with Crippen LogP contribution >= 0.6 is 0 Å². The molecule has 0 unspecified atom stereocenters. The molecule has 1 aromatic carbocycles. The van der Waals surface area contributed by atoms with E-state index in [1.165, 1.54) is 5.56 Å². The summed E-state index contributed by atoms with van der Waals surface area (Å²) < 4.78 is 5.41. The van der Waals surface area contributed by atoms with Crippen LogP contribution in [0.25, 0.3) is 0 Å². The minimum Gasteiger partial charge on any atom is -0.496 e. The molecule has 2 rings (SSSR count). The summed E-state index contributed by atoms with van der Waals surface area (Å²) in [6.45, 7) is 4.46. The third-order valence-corrected chi connectivity index (χ3v) is 4.11. The van der Waals surface area contributed by atoms with E-state index in [1.54, 1.807) is 7.11 Å². The molecule has 0 atom stereocenters. The fourth-order valence-electron chi connectivity index (χ4n) is 2.63. The number of hydrogen-bond donors (Lipinski definition) is 1. The first kappa shape index (κ1) is 13.4. The van der Waals surface area contributed by atoms with Crippen LogP contribution in [-0.2, 0) is 6.42 Å². The molecule has 1 saturated carbocycles. The van der Waals surface area contributed by atoms with E-state index in [9.17, 15) is 5.11 Å². The predicted molar refractivity (Wildman–Crippen MR) is 74.2 cm³/mol. The molecule has 0 aliphatic heterocycles. The van der Waals surface area contributed by atoms with Gasteiger partial charge in [0.15, 0.2) is 0 Å². The molecular weight excluding hydrogens is 224 g/mol. The number of aliphatic hydroxyl groups is 1. The van der Waals surface area contributed by atoms with Gasteiger partial charge < -0.3 is 9.84 Å². The molecule has 2 heteroatoms. The normalized spacial score (nSPS) is 16.9. The maximum atomic E-state index is 10.1. The van der Waals surface area contributed by atoms with Gasteiger partial charge in [-0.3, -0.25) is 0 Å². The molecule has 0 saturated heterocycles. The highest BCUT2D eigenvalue weighted by atomic mass is 16.5. The molecule has 1 N–H and O–H groups in total. The molecule has 2 nitrogen and oxygen atoms in total. The third kappa shape index (κ3) is 2.86. The predicted octanol–water partition coefficient (Wildman–Crippen LogP) is 3.67. The Morgan fingerprint density at radius 3 is 2.44 bits per heavy atom. The summed E-state index contributed by atoms with van der Waals surface area (Å²) >= 11 is 0. The highest BCUT2D eigenvalue weighted by Gasteiger charge is 2.40. The second kappa shape index (κ2) is 5.31. The van der Waals surface area contributed by atoms with E-state index < -0.39 is 5.60 Å². The zero-order valence-electron chi connectivity index (χ0n) is 11.7. The Morgan fingerprint density at radius 1 is 1.28 bits per heavy atom. The Kier molecular flexibility index (Phi) is 3.96. The average molecular weight is 248 g/mol. The van der Waals surface area contributed by atoms with Crippen LogP contribution in [0.3, 0.4) is 0 Å². The van der Waals surface area contributed by atoms with Gasteiger partial charge in [0.1, 0.15) is 5.75 Å². The van der Waals surface area contributed by atoms with Crippen molar-refractivity contribution >= 4 is 0 Å². The van der Waals surface area contributed by atoms with E-state index in [4.69, 9.17) is 4.74 Å². The Bertz CT molecular complexity index is 404. The number of rotatable bonds is 6. The van der Waals surface area contributed by atoms with Gasteiger partial charge in [0.2, 0.25) is 0 Å². The summed E-state index contributed by atoms with van der Waals surface area (Å²) in [7, 11) is 1.70. The number of benzene rings is 1. The smallest absolute Gasteiger partial charge is 0.122 e. The van der Waals surface area contributed by atoms with E-state index in [-0.39, 0.29) is 0 Å². The van der Waals surface area contributed by atoms with E-state index in [1.807, 2.05) is 0 Å². The molecule has 1 aliphatic carbocycles. The summed E-state index contributed by atoms with van der Waals surface area (Å²) in [6, 6.07) is 6.44. The first-order valence-electron chi connectivity index (χ1n) is 7.01. The Labute approximate surface area is 110 Å². The molecule has 0 spiro atoms. The van der Waals surface area contributed by atoms with Crippen molar-refractivity contribution in [3.63, 3.8) is 0 Å². The fourth-order valence-corrected chi connectivity index (χ4v) is 2.63. The molecule has 1 fully saturated rings. The van der Waals surface area contributed by atoms with Crippen LogP contribution in [0, 0.1) is 0 Å². The molecule has 1 aromatic rings. The minimum absolute atomic E-state index is 0.459. The standard InChI is InChI=1S/C16H24O2/c1-4-12(5-2)13-6-7-15(18-3)14(10-13)11-16(17)8-9-16/h6-7,10,12,17H,4-5,8-9,11H2,1-3H3. The molecular formula is C16H24O2. The van der Waals surface area contributed by atoms with Crippen LogP contribution in [-0.4, -0.2) is 17.8 Å². The van der Waals surface area contributed by atoms with Crippen molar-refractivity contribution in [1.29, 1.82) is 0 Å². The van der Waals surface area contributed by atoms with Crippen molar-refractivity contribution in [2.24, 2.45) is 0 Å². The van der Waals surface area contributed by atoms with Gasteiger partial charge in [-0.1, -0.05) is 26.0 Å². The van der Waals surface area contributed by atoms with Crippen LogP contribution in [0.5, 0.6) is 5.75 Å². The molecule has 0 amide bonds. The molecule has 0 heterocycles. The first-order chi connectivity index (χ1) is 8.61. The van der Waals surface area contributed by atoms with Gasteiger partial charge in [-0.2, -0.15) is 0 Å². The van der Waals surface area contributed by atoms with Crippen molar-refractivity contribution < 1.29 is 9.84 Å². The highest BCUT2D eigenvalue weighted by Crippen LogP contribution is 2.40. The van der Waals surface area contributed by atoms with Crippen molar-refractivity contribution in [2.45, 2.75) is 57.5 Å². The number of hydrogen-bond acceptors (Lipinski definition) is 2. The van der Waals surface area contributed by atoms with Crippen LogP contribution in [0.2, 0.25) is 0 Å². The topological polar surface area (TPSA) is 29.5 Å². The van der Waals surface area contributed by atoms with E-state index in [2.05, 4.69) is 32.0 Å². The fraction of sp³-hybridized carbons (Fsp3) is 0.625. The van der Waals surface area contributed by atoms with E-state index in [0.29, 0.717) is 5.92 Å². The van der Waals surface area contributed by atoms with E-state index >= 15 is 0 Å². The first-order valence-corrected chi connectivity index (χ1v) is 7.01. The summed E-state index contributed by atoms with van der Waals surface area (Å²) in [4.78, 5) is 0. The Balaban J connectivity index is 2.26. The maximum absolute atomic E-state index is 10.1. The largest absolute Gasteiger partial charge is 0.496 e. The van der Waals surface area contributed by atoms with Gasteiger partial charge in [0.25, 0.3) is 0 Å². The zero-order valence-corrected chi connectivity index (χ0v) is 11.7. The monoisotopic (exact) mass is 248 g/mol. The molecule has 0 radical (unpaired) electrons. The average Bonchev–Trinajstić information content (AvgIpc) is 3.09. The lowest BCUT2D eigenvalue weighted by molar-refractivity contribution is 0.150. The SMILES string of the molecule is CCC(CC)c1ccc(OC)c(CC2(O)CC2)c1. The van der Waals surface area contributed by atoms with Gasteiger partial charge in [0, 0.05) is 6.42 Å². The van der Waals surface area contributed by atoms with E-state index in [0.717, 1.165) is 43.4 Å². The highest BCUT2D eigenvalue weighted by molar-refractivity contribution is 5.40. The maximum Gasteiger partial charge on any atom is 0.122 e. The van der Waals surface area contributed by atoms with Crippen molar-refractivity contribution in [3.05, 3.63) is 29.3 Å². The summed E-state index contributed by atoms with van der Waals surface area (Å²) in [6.07, 6.45) is 4.89. The molecule has 18 heavy (non-hydrogen) atoms. The Morgan fingerprint density at radius 2 is 1.94 bits per heavy atom. The van der Waals surface area contributed by atoms with Gasteiger partial charge >= 0.3 is 0 Å².